The monoisotopic (exact) mass is 415 g/mol. The van der Waals surface area contributed by atoms with E-state index in [2.05, 4.69) is 37.2 Å². The highest BCUT2D eigenvalue weighted by molar-refractivity contribution is 9.09. The molecular formula is C13H14Br2F3NO. The molecule has 7 heteroatoms. The van der Waals surface area contributed by atoms with Crippen molar-refractivity contribution in [1.29, 1.82) is 0 Å². The fourth-order valence-corrected chi connectivity index (χ4v) is 2.69. The fraction of sp³-hybridized carbons (Fsp3) is 0.462. The van der Waals surface area contributed by atoms with Crippen LogP contribution in [0, 0.1) is 0 Å². The summed E-state index contributed by atoms with van der Waals surface area (Å²) in [6, 6.07) is 4.61. The maximum absolute atomic E-state index is 12.4. The van der Waals surface area contributed by atoms with Crippen molar-refractivity contribution in [2.45, 2.75) is 25.1 Å². The second-order valence-corrected chi connectivity index (χ2v) is 5.87. The first kappa shape index (κ1) is 17.5. The predicted molar refractivity (Wildman–Crippen MR) is 79.3 cm³/mol. The molecule has 0 aliphatic carbocycles. The van der Waals surface area contributed by atoms with E-state index in [0.29, 0.717) is 16.2 Å². The van der Waals surface area contributed by atoms with Crippen LogP contribution in [-0.2, 0) is 17.4 Å². The number of rotatable bonds is 5. The van der Waals surface area contributed by atoms with Gasteiger partial charge in [0.1, 0.15) is 0 Å². The van der Waals surface area contributed by atoms with Gasteiger partial charge in [-0.1, -0.05) is 44.0 Å². The Hall–Kier alpha value is -0.560. The maximum atomic E-state index is 12.4. The van der Waals surface area contributed by atoms with Gasteiger partial charge in [-0.25, -0.2) is 0 Å². The summed E-state index contributed by atoms with van der Waals surface area (Å²) in [6.07, 6.45) is -4.31. The Balaban J connectivity index is 2.68. The third kappa shape index (κ3) is 5.09. The van der Waals surface area contributed by atoms with Gasteiger partial charge in [0.15, 0.2) is 0 Å². The summed E-state index contributed by atoms with van der Waals surface area (Å²) in [7, 11) is 0. The molecule has 1 amide bonds. The number of hydrogen-bond donors (Lipinski definition) is 1. The lowest BCUT2D eigenvalue weighted by Gasteiger charge is -2.26. The molecule has 0 aromatic heterocycles. The minimum absolute atomic E-state index is 0.0493. The number of carbonyl (C=O) groups is 1. The smallest absolute Gasteiger partial charge is 0.349 e. The lowest BCUT2D eigenvalue weighted by atomic mass is 10.1. The molecule has 112 valence electrons. The lowest BCUT2D eigenvalue weighted by Crippen LogP contribution is -2.49. The van der Waals surface area contributed by atoms with E-state index in [4.69, 9.17) is 0 Å². The quantitative estimate of drug-likeness (QED) is 0.724. The molecule has 0 heterocycles. The predicted octanol–water partition coefficient (Wildman–Crippen LogP) is 3.91. The molecule has 1 aromatic rings. The third-order valence-corrected chi connectivity index (χ3v) is 5.15. The highest BCUT2D eigenvalue weighted by Crippen LogP contribution is 2.29. The first-order valence-electron chi connectivity index (χ1n) is 5.79. The molecule has 1 aromatic carbocycles. The van der Waals surface area contributed by atoms with Crippen LogP contribution < -0.4 is 5.32 Å². The molecule has 0 atom stereocenters. The number of alkyl halides is 5. The zero-order valence-corrected chi connectivity index (χ0v) is 13.9. The number of benzene rings is 1. The van der Waals surface area contributed by atoms with Gasteiger partial charge in [-0.3, -0.25) is 4.79 Å². The van der Waals surface area contributed by atoms with E-state index in [-0.39, 0.29) is 12.3 Å². The first-order chi connectivity index (χ1) is 9.20. The van der Waals surface area contributed by atoms with Gasteiger partial charge in [-0.05, 0) is 24.6 Å². The topological polar surface area (TPSA) is 29.1 Å². The van der Waals surface area contributed by atoms with Crippen molar-refractivity contribution in [3.8, 4) is 0 Å². The Labute approximate surface area is 132 Å². The van der Waals surface area contributed by atoms with Crippen molar-refractivity contribution in [2.75, 3.05) is 10.7 Å². The van der Waals surface area contributed by atoms with E-state index < -0.39 is 17.3 Å². The van der Waals surface area contributed by atoms with E-state index in [1.54, 1.807) is 0 Å². The summed E-state index contributed by atoms with van der Waals surface area (Å²) in [6.45, 7) is 1.86. The minimum Gasteiger partial charge on any atom is -0.349 e. The van der Waals surface area contributed by atoms with E-state index in [9.17, 15) is 18.0 Å². The van der Waals surface area contributed by atoms with Crippen LogP contribution in [0.3, 0.4) is 0 Å². The molecule has 0 radical (unpaired) electrons. The van der Waals surface area contributed by atoms with E-state index in [1.807, 2.05) is 6.92 Å². The van der Waals surface area contributed by atoms with Gasteiger partial charge in [0.25, 0.3) is 0 Å². The van der Waals surface area contributed by atoms with Gasteiger partial charge < -0.3 is 5.32 Å². The van der Waals surface area contributed by atoms with Crippen molar-refractivity contribution >= 4 is 37.8 Å². The zero-order chi connectivity index (χ0) is 15.4. The largest absolute Gasteiger partial charge is 0.416 e. The van der Waals surface area contributed by atoms with Crippen LogP contribution >= 0.6 is 31.9 Å². The highest BCUT2D eigenvalue weighted by Gasteiger charge is 2.30. The maximum Gasteiger partial charge on any atom is 0.416 e. The number of halogens is 5. The zero-order valence-electron chi connectivity index (χ0n) is 10.7. The Bertz CT molecular complexity index is 456. The molecule has 0 unspecified atom stereocenters. The molecule has 1 N–H and O–H groups in total. The standard InChI is InChI=1S/C13H14Br2F3NO/c1-12(7-14,8-15)19-11(20)6-9-2-4-10(5-3-9)13(16,17)18/h2-5H,6-8H2,1H3,(H,19,20). The van der Waals surface area contributed by atoms with Gasteiger partial charge in [0.2, 0.25) is 5.91 Å². The molecule has 0 aliphatic heterocycles. The summed E-state index contributed by atoms with van der Waals surface area (Å²) >= 11 is 6.62. The fourth-order valence-electron chi connectivity index (χ4n) is 1.48. The van der Waals surface area contributed by atoms with Crippen molar-refractivity contribution in [3.05, 3.63) is 35.4 Å². The SMILES string of the molecule is CC(CBr)(CBr)NC(=O)Cc1ccc(C(F)(F)F)cc1. The van der Waals surface area contributed by atoms with Crippen LogP contribution in [0.4, 0.5) is 13.2 Å². The Morgan fingerprint density at radius 3 is 2.05 bits per heavy atom. The molecule has 0 fully saturated rings. The molecule has 0 bridgehead atoms. The van der Waals surface area contributed by atoms with Crippen LogP contribution in [0.1, 0.15) is 18.1 Å². The lowest BCUT2D eigenvalue weighted by molar-refractivity contribution is -0.137. The molecule has 0 saturated heterocycles. The second-order valence-electron chi connectivity index (χ2n) is 4.75. The van der Waals surface area contributed by atoms with Gasteiger partial charge in [-0.15, -0.1) is 0 Å². The molecule has 1 rings (SSSR count). The normalized spacial score (nSPS) is 12.3. The van der Waals surface area contributed by atoms with Crippen LogP contribution in [0.25, 0.3) is 0 Å². The summed E-state index contributed by atoms with van der Waals surface area (Å²) in [5, 5.41) is 3.98. The van der Waals surface area contributed by atoms with E-state index >= 15 is 0 Å². The number of hydrogen-bond acceptors (Lipinski definition) is 1. The Kier molecular flexibility index (Phi) is 6.06. The van der Waals surface area contributed by atoms with E-state index in [0.717, 1.165) is 12.1 Å². The molecule has 0 aliphatic rings. The van der Waals surface area contributed by atoms with Gasteiger partial charge in [0.05, 0.1) is 17.5 Å². The highest BCUT2D eigenvalue weighted by atomic mass is 79.9. The summed E-state index contributed by atoms with van der Waals surface area (Å²) < 4.78 is 37.2. The van der Waals surface area contributed by atoms with Gasteiger partial charge >= 0.3 is 6.18 Å². The van der Waals surface area contributed by atoms with Crippen molar-refractivity contribution in [3.63, 3.8) is 0 Å². The van der Waals surface area contributed by atoms with Crippen molar-refractivity contribution in [2.24, 2.45) is 0 Å². The van der Waals surface area contributed by atoms with Crippen molar-refractivity contribution < 1.29 is 18.0 Å². The Morgan fingerprint density at radius 2 is 1.65 bits per heavy atom. The average Bonchev–Trinajstić information content (AvgIpc) is 2.38. The molecular weight excluding hydrogens is 403 g/mol. The summed E-state index contributed by atoms with van der Waals surface area (Å²) in [4.78, 5) is 11.9. The van der Waals surface area contributed by atoms with Gasteiger partial charge in [-0.2, -0.15) is 13.2 Å². The van der Waals surface area contributed by atoms with Crippen LogP contribution in [0.15, 0.2) is 24.3 Å². The molecule has 2 nitrogen and oxygen atoms in total. The van der Waals surface area contributed by atoms with Crippen LogP contribution in [-0.4, -0.2) is 22.1 Å². The second kappa shape index (κ2) is 6.93. The molecule has 0 spiro atoms. The summed E-state index contributed by atoms with van der Waals surface area (Å²) in [5.41, 5.74) is -0.599. The van der Waals surface area contributed by atoms with Crippen molar-refractivity contribution in [1.82, 2.24) is 5.32 Å². The average molecular weight is 417 g/mol. The van der Waals surface area contributed by atoms with Crippen LogP contribution in [0.2, 0.25) is 0 Å². The van der Waals surface area contributed by atoms with Crippen LogP contribution in [0.5, 0.6) is 0 Å². The molecule has 0 saturated carbocycles. The number of amides is 1. The minimum atomic E-state index is -4.36. The first-order valence-corrected chi connectivity index (χ1v) is 8.03. The Morgan fingerprint density at radius 1 is 1.15 bits per heavy atom. The molecule has 20 heavy (non-hydrogen) atoms. The van der Waals surface area contributed by atoms with Gasteiger partial charge in [0, 0.05) is 10.7 Å². The third-order valence-electron chi connectivity index (χ3n) is 2.68. The number of carbonyl (C=O) groups excluding carboxylic acids is 1. The summed E-state index contributed by atoms with van der Waals surface area (Å²) in [5.74, 6) is -0.230. The number of nitrogens with one attached hydrogen (secondary N) is 1. The van der Waals surface area contributed by atoms with E-state index in [1.165, 1.54) is 12.1 Å².